The zero-order valence-corrected chi connectivity index (χ0v) is 16.3. The van der Waals surface area contributed by atoms with Crippen LogP contribution in [-0.2, 0) is 0 Å². The SMILES string of the molecule is CCCC(CCN(C)Oc1ccc2cn[nH]c2c1)c1ccc(Br)cc1. The van der Waals surface area contributed by atoms with Gasteiger partial charge in [0.15, 0.2) is 0 Å². The van der Waals surface area contributed by atoms with Gasteiger partial charge in [0.25, 0.3) is 0 Å². The van der Waals surface area contributed by atoms with Gasteiger partial charge >= 0.3 is 0 Å². The monoisotopic (exact) mass is 401 g/mol. The van der Waals surface area contributed by atoms with E-state index < -0.39 is 0 Å². The Hall–Kier alpha value is -1.85. The topological polar surface area (TPSA) is 41.1 Å². The summed E-state index contributed by atoms with van der Waals surface area (Å²) in [7, 11) is 1.99. The van der Waals surface area contributed by atoms with E-state index in [1.807, 2.05) is 36.5 Å². The van der Waals surface area contributed by atoms with E-state index >= 15 is 0 Å². The third-order valence-electron chi connectivity index (χ3n) is 4.45. The van der Waals surface area contributed by atoms with Crippen molar-refractivity contribution in [3.05, 3.63) is 58.7 Å². The van der Waals surface area contributed by atoms with Gasteiger partial charge in [0, 0.05) is 29.5 Å². The van der Waals surface area contributed by atoms with Crippen LogP contribution in [0.1, 0.15) is 37.7 Å². The molecule has 0 fully saturated rings. The average molecular weight is 402 g/mol. The van der Waals surface area contributed by atoms with E-state index in [1.165, 1.54) is 18.4 Å². The molecule has 4 nitrogen and oxygen atoms in total. The molecule has 1 aromatic heterocycles. The van der Waals surface area contributed by atoms with Gasteiger partial charge in [-0.05, 0) is 48.6 Å². The number of nitrogens with zero attached hydrogens (tertiary/aromatic N) is 2. The number of halogens is 1. The predicted molar refractivity (Wildman–Crippen MR) is 106 cm³/mol. The molecule has 0 radical (unpaired) electrons. The second-order valence-corrected chi connectivity index (χ2v) is 7.30. The lowest BCUT2D eigenvalue weighted by molar-refractivity contribution is -0.0337. The summed E-state index contributed by atoms with van der Waals surface area (Å²) in [4.78, 5) is 5.95. The zero-order valence-electron chi connectivity index (χ0n) is 14.7. The van der Waals surface area contributed by atoms with Crippen molar-refractivity contribution >= 4 is 26.8 Å². The third kappa shape index (κ3) is 4.83. The lowest BCUT2D eigenvalue weighted by atomic mass is 9.91. The number of H-pyrrole nitrogens is 1. The number of hydrogen-bond acceptors (Lipinski definition) is 3. The van der Waals surface area contributed by atoms with Gasteiger partial charge in [0.2, 0.25) is 0 Å². The van der Waals surface area contributed by atoms with Gasteiger partial charge in [-0.2, -0.15) is 5.10 Å². The van der Waals surface area contributed by atoms with Crippen LogP contribution >= 0.6 is 15.9 Å². The molecule has 0 amide bonds. The maximum atomic E-state index is 5.95. The summed E-state index contributed by atoms with van der Waals surface area (Å²) >= 11 is 3.51. The largest absolute Gasteiger partial charge is 0.406 e. The standard InChI is InChI=1S/C20H24BrN3O/c1-3-4-15(16-5-8-18(21)9-6-16)11-12-24(2)25-19-10-7-17-14-22-23-20(17)13-19/h5-10,13-15H,3-4,11-12H2,1-2H3,(H,22,23). The van der Waals surface area contributed by atoms with E-state index in [2.05, 4.69) is 57.3 Å². The van der Waals surface area contributed by atoms with E-state index in [9.17, 15) is 0 Å². The Labute approximate surface area is 157 Å². The highest BCUT2D eigenvalue weighted by atomic mass is 79.9. The van der Waals surface area contributed by atoms with Crippen molar-refractivity contribution in [2.45, 2.75) is 32.1 Å². The molecule has 1 atom stereocenters. The molecule has 2 aromatic carbocycles. The number of benzene rings is 2. The van der Waals surface area contributed by atoms with Gasteiger partial charge in [-0.15, -0.1) is 5.06 Å². The average Bonchev–Trinajstić information content (AvgIpc) is 3.07. The van der Waals surface area contributed by atoms with Crippen LogP contribution in [0.5, 0.6) is 5.75 Å². The van der Waals surface area contributed by atoms with E-state index in [4.69, 9.17) is 4.84 Å². The van der Waals surface area contributed by atoms with Crippen LogP contribution in [0, 0.1) is 0 Å². The summed E-state index contributed by atoms with van der Waals surface area (Å²) in [6.45, 7) is 3.12. The highest BCUT2D eigenvalue weighted by Crippen LogP contribution is 2.27. The van der Waals surface area contributed by atoms with Crippen LogP contribution in [0.3, 0.4) is 0 Å². The third-order valence-corrected chi connectivity index (χ3v) is 4.97. The van der Waals surface area contributed by atoms with E-state index in [1.54, 1.807) is 0 Å². The molecule has 25 heavy (non-hydrogen) atoms. The van der Waals surface area contributed by atoms with Crippen molar-refractivity contribution in [3.63, 3.8) is 0 Å². The fraction of sp³-hybridized carbons (Fsp3) is 0.350. The first-order valence-electron chi connectivity index (χ1n) is 8.73. The molecule has 0 aliphatic rings. The molecule has 3 rings (SSSR count). The highest BCUT2D eigenvalue weighted by molar-refractivity contribution is 9.10. The number of hydroxylamine groups is 2. The molecule has 1 N–H and O–H groups in total. The maximum Gasteiger partial charge on any atom is 0.149 e. The first kappa shape index (κ1) is 18.0. The van der Waals surface area contributed by atoms with E-state index in [-0.39, 0.29) is 0 Å². The molecule has 0 saturated carbocycles. The zero-order chi connectivity index (χ0) is 17.6. The van der Waals surface area contributed by atoms with Gasteiger partial charge in [0.1, 0.15) is 5.75 Å². The van der Waals surface area contributed by atoms with Crippen molar-refractivity contribution in [2.24, 2.45) is 0 Å². The van der Waals surface area contributed by atoms with Gasteiger partial charge in [0.05, 0.1) is 11.7 Å². The van der Waals surface area contributed by atoms with Crippen molar-refractivity contribution in [3.8, 4) is 5.75 Å². The Balaban J connectivity index is 1.58. The Morgan fingerprint density at radius 3 is 2.72 bits per heavy atom. The first-order chi connectivity index (χ1) is 12.2. The summed E-state index contributed by atoms with van der Waals surface area (Å²) in [6, 6.07) is 14.7. The minimum atomic E-state index is 0.555. The Morgan fingerprint density at radius 2 is 1.96 bits per heavy atom. The molecule has 1 unspecified atom stereocenters. The molecule has 5 heteroatoms. The number of aromatic amines is 1. The molecule has 132 valence electrons. The maximum absolute atomic E-state index is 5.95. The number of rotatable bonds is 8. The Morgan fingerprint density at radius 1 is 1.16 bits per heavy atom. The smallest absolute Gasteiger partial charge is 0.149 e. The minimum absolute atomic E-state index is 0.555. The van der Waals surface area contributed by atoms with Crippen molar-refractivity contribution < 1.29 is 4.84 Å². The van der Waals surface area contributed by atoms with Crippen LogP contribution < -0.4 is 4.84 Å². The number of aromatic nitrogens is 2. The number of nitrogens with one attached hydrogen (secondary N) is 1. The fourth-order valence-electron chi connectivity index (χ4n) is 3.10. The lowest BCUT2D eigenvalue weighted by Gasteiger charge is -2.22. The summed E-state index contributed by atoms with van der Waals surface area (Å²) in [6.07, 6.45) is 5.26. The quantitative estimate of drug-likeness (QED) is 0.504. The molecule has 0 aliphatic heterocycles. The van der Waals surface area contributed by atoms with Crippen LogP contribution in [-0.4, -0.2) is 28.9 Å². The van der Waals surface area contributed by atoms with Crippen molar-refractivity contribution in [2.75, 3.05) is 13.6 Å². The molecular weight excluding hydrogens is 378 g/mol. The first-order valence-corrected chi connectivity index (χ1v) is 9.52. The summed E-state index contributed by atoms with van der Waals surface area (Å²) < 4.78 is 1.13. The molecule has 0 aliphatic carbocycles. The highest BCUT2D eigenvalue weighted by Gasteiger charge is 2.13. The van der Waals surface area contributed by atoms with Crippen LogP contribution in [0.25, 0.3) is 10.9 Å². The molecule has 0 saturated heterocycles. The summed E-state index contributed by atoms with van der Waals surface area (Å²) in [5.74, 6) is 1.38. The molecule has 0 bridgehead atoms. The Kier molecular flexibility index (Phi) is 6.10. The van der Waals surface area contributed by atoms with Crippen molar-refractivity contribution in [1.29, 1.82) is 0 Å². The summed E-state index contributed by atoms with van der Waals surface area (Å²) in [5, 5.41) is 10.0. The number of fused-ring (bicyclic) bond motifs is 1. The molecule has 3 aromatic rings. The van der Waals surface area contributed by atoms with Gasteiger partial charge in [-0.1, -0.05) is 41.4 Å². The van der Waals surface area contributed by atoms with Crippen molar-refractivity contribution in [1.82, 2.24) is 15.3 Å². The number of hydrogen-bond donors (Lipinski definition) is 1. The summed E-state index contributed by atoms with van der Waals surface area (Å²) in [5.41, 5.74) is 2.39. The normalized spacial score (nSPS) is 12.6. The predicted octanol–water partition coefficient (Wildman–Crippen LogP) is 5.53. The minimum Gasteiger partial charge on any atom is -0.406 e. The molecule has 1 heterocycles. The lowest BCUT2D eigenvalue weighted by Crippen LogP contribution is -2.25. The van der Waals surface area contributed by atoms with E-state index in [0.29, 0.717) is 5.92 Å². The van der Waals surface area contributed by atoms with Crippen LogP contribution in [0.2, 0.25) is 0 Å². The van der Waals surface area contributed by atoms with Gasteiger partial charge < -0.3 is 4.84 Å². The Bertz CT molecular complexity index is 800. The molecular formula is C20H24BrN3O. The second-order valence-electron chi connectivity index (χ2n) is 6.39. The van der Waals surface area contributed by atoms with Crippen LogP contribution in [0.4, 0.5) is 0 Å². The fourth-order valence-corrected chi connectivity index (χ4v) is 3.36. The van der Waals surface area contributed by atoms with Gasteiger partial charge in [-0.25, -0.2) is 0 Å². The van der Waals surface area contributed by atoms with E-state index in [0.717, 1.165) is 34.1 Å². The van der Waals surface area contributed by atoms with Gasteiger partial charge in [-0.3, -0.25) is 5.10 Å². The second kappa shape index (κ2) is 8.50. The van der Waals surface area contributed by atoms with Crippen LogP contribution in [0.15, 0.2) is 53.1 Å². The molecule has 0 spiro atoms.